The molecule has 1 aromatic rings. The normalized spacial score (nSPS) is 23.2. The molecule has 2 heterocycles. The number of benzene rings is 1. The highest BCUT2D eigenvalue weighted by molar-refractivity contribution is 7.89. The van der Waals surface area contributed by atoms with E-state index in [9.17, 15) is 12.8 Å². The molecule has 0 spiro atoms. The highest BCUT2D eigenvalue weighted by Crippen LogP contribution is 2.26. The summed E-state index contributed by atoms with van der Waals surface area (Å²) in [5.41, 5.74) is 0.753. The van der Waals surface area contributed by atoms with Gasteiger partial charge in [0.2, 0.25) is 10.0 Å². The molecule has 0 aliphatic carbocycles. The molecule has 2 fully saturated rings. The number of nitrogens with one attached hydrogen (secondary N) is 1. The van der Waals surface area contributed by atoms with Gasteiger partial charge in [-0.3, -0.25) is 4.90 Å². The minimum absolute atomic E-state index is 0. The Labute approximate surface area is 149 Å². The van der Waals surface area contributed by atoms with Crippen molar-refractivity contribution in [2.45, 2.75) is 31.2 Å². The van der Waals surface area contributed by atoms with Crippen LogP contribution < -0.4 is 5.32 Å². The molecular weight excluding hydrogens is 353 g/mol. The Bertz CT molecular complexity index is 670. The van der Waals surface area contributed by atoms with Crippen LogP contribution in [0.4, 0.5) is 4.39 Å². The van der Waals surface area contributed by atoms with Gasteiger partial charge < -0.3 is 5.32 Å². The van der Waals surface area contributed by atoms with Crippen molar-refractivity contribution in [3.8, 4) is 0 Å². The smallest absolute Gasteiger partial charge is 0.243 e. The maximum absolute atomic E-state index is 13.8. The number of aryl methyl sites for hydroxylation is 2. The Morgan fingerprint density at radius 1 is 1.12 bits per heavy atom. The number of piperazine rings is 1. The number of hydrogen-bond acceptors (Lipinski definition) is 4. The van der Waals surface area contributed by atoms with Crippen LogP contribution in [0.25, 0.3) is 0 Å². The molecule has 24 heavy (non-hydrogen) atoms. The number of rotatable bonds is 3. The SMILES string of the molecule is Cc1cc(S(=O)(=O)N2CCC(N3CCNCC3)C2)cc(C)c1F.Cl. The van der Waals surface area contributed by atoms with Gasteiger partial charge in [0, 0.05) is 45.3 Å². The van der Waals surface area contributed by atoms with Gasteiger partial charge in [0.05, 0.1) is 4.90 Å². The lowest BCUT2D eigenvalue weighted by Gasteiger charge is -2.32. The molecule has 0 aromatic heterocycles. The van der Waals surface area contributed by atoms with Gasteiger partial charge in [0.15, 0.2) is 0 Å². The van der Waals surface area contributed by atoms with E-state index < -0.39 is 10.0 Å². The minimum Gasteiger partial charge on any atom is -0.314 e. The fourth-order valence-electron chi connectivity index (χ4n) is 3.48. The second-order valence-corrected chi connectivity index (χ2v) is 8.40. The molecule has 1 aromatic carbocycles. The topological polar surface area (TPSA) is 52.7 Å². The minimum atomic E-state index is -3.55. The molecule has 136 valence electrons. The predicted octanol–water partition coefficient (Wildman–Crippen LogP) is 1.53. The van der Waals surface area contributed by atoms with Gasteiger partial charge in [-0.1, -0.05) is 0 Å². The van der Waals surface area contributed by atoms with Crippen LogP contribution in [0.5, 0.6) is 0 Å². The highest BCUT2D eigenvalue weighted by atomic mass is 35.5. The van der Waals surface area contributed by atoms with E-state index in [1.165, 1.54) is 12.1 Å². The first kappa shape index (κ1) is 19.6. The second kappa shape index (κ2) is 7.66. The van der Waals surface area contributed by atoms with Crippen molar-refractivity contribution in [1.29, 1.82) is 0 Å². The Hall–Kier alpha value is -0.730. The van der Waals surface area contributed by atoms with Crippen molar-refractivity contribution in [2.24, 2.45) is 0 Å². The van der Waals surface area contributed by atoms with Crippen molar-refractivity contribution in [3.05, 3.63) is 29.1 Å². The van der Waals surface area contributed by atoms with Gasteiger partial charge in [-0.15, -0.1) is 12.4 Å². The van der Waals surface area contributed by atoms with Crippen LogP contribution in [-0.2, 0) is 10.0 Å². The van der Waals surface area contributed by atoms with Gasteiger partial charge in [0.1, 0.15) is 5.82 Å². The zero-order chi connectivity index (χ0) is 16.6. The third-order valence-electron chi connectivity index (χ3n) is 4.84. The predicted molar refractivity (Wildman–Crippen MR) is 94.7 cm³/mol. The van der Waals surface area contributed by atoms with E-state index in [1.54, 1.807) is 18.2 Å². The fraction of sp³-hybridized carbons (Fsp3) is 0.625. The third-order valence-corrected chi connectivity index (χ3v) is 6.68. The van der Waals surface area contributed by atoms with Crippen molar-refractivity contribution < 1.29 is 12.8 Å². The number of halogens is 2. The lowest BCUT2D eigenvalue weighted by Crippen LogP contribution is -2.49. The standard InChI is InChI=1S/C16H24FN3O2S.ClH/c1-12-9-15(10-13(2)16(12)17)23(21,22)20-6-3-14(11-20)19-7-4-18-5-8-19;/h9-10,14,18H,3-8,11H2,1-2H3;1H. The number of nitrogens with zero attached hydrogens (tertiary/aromatic N) is 2. The first-order chi connectivity index (χ1) is 10.9. The van der Waals surface area contributed by atoms with Crippen LogP contribution in [0.1, 0.15) is 17.5 Å². The molecule has 1 unspecified atom stereocenters. The van der Waals surface area contributed by atoms with Gasteiger partial charge in [0.25, 0.3) is 0 Å². The van der Waals surface area contributed by atoms with E-state index in [2.05, 4.69) is 10.2 Å². The zero-order valence-electron chi connectivity index (χ0n) is 14.1. The summed E-state index contributed by atoms with van der Waals surface area (Å²) in [6, 6.07) is 3.17. The molecule has 0 radical (unpaired) electrons. The van der Waals surface area contributed by atoms with Crippen LogP contribution in [0, 0.1) is 19.7 Å². The summed E-state index contributed by atoms with van der Waals surface area (Å²) in [6.45, 7) is 8.12. The first-order valence-corrected chi connectivity index (χ1v) is 9.55. The molecule has 1 atom stereocenters. The Kier molecular flexibility index (Phi) is 6.25. The fourth-order valence-corrected chi connectivity index (χ4v) is 5.14. The van der Waals surface area contributed by atoms with Crippen LogP contribution in [0.15, 0.2) is 17.0 Å². The first-order valence-electron chi connectivity index (χ1n) is 8.11. The van der Waals surface area contributed by atoms with Crippen LogP contribution in [0.3, 0.4) is 0 Å². The monoisotopic (exact) mass is 377 g/mol. The van der Waals surface area contributed by atoms with Gasteiger partial charge >= 0.3 is 0 Å². The van der Waals surface area contributed by atoms with Gasteiger partial charge in [-0.05, 0) is 43.5 Å². The maximum Gasteiger partial charge on any atom is 0.243 e. The third kappa shape index (κ3) is 3.75. The molecular formula is C16H25ClFN3O2S. The molecule has 8 heteroatoms. The molecule has 0 saturated carbocycles. The highest BCUT2D eigenvalue weighted by Gasteiger charge is 2.35. The summed E-state index contributed by atoms with van der Waals surface area (Å²) in [7, 11) is -3.55. The Balaban J connectivity index is 0.00000208. The Morgan fingerprint density at radius 2 is 1.71 bits per heavy atom. The second-order valence-electron chi connectivity index (χ2n) is 6.46. The molecule has 0 amide bonds. The summed E-state index contributed by atoms with van der Waals surface area (Å²) < 4.78 is 41.0. The van der Waals surface area contributed by atoms with Gasteiger partial charge in [-0.2, -0.15) is 4.31 Å². The van der Waals surface area contributed by atoms with Crippen LogP contribution >= 0.6 is 12.4 Å². The Morgan fingerprint density at radius 3 is 2.29 bits per heavy atom. The van der Waals surface area contributed by atoms with E-state index in [0.29, 0.717) is 24.2 Å². The van der Waals surface area contributed by atoms with E-state index in [-0.39, 0.29) is 29.2 Å². The molecule has 1 N–H and O–H groups in total. The lowest BCUT2D eigenvalue weighted by atomic mass is 10.1. The molecule has 5 nitrogen and oxygen atoms in total. The van der Waals surface area contributed by atoms with Crippen molar-refractivity contribution >= 4 is 22.4 Å². The molecule has 2 aliphatic rings. The van der Waals surface area contributed by atoms with E-state index in [0.717, 1.165) is 32.6 Å². The average Bonchev–Trinajstić information content (AvgIpc) is 3.03. The summed E-state index contributed by atoms with van der Waals surface area (Å²) in [6.07, 6.45) is 0.860. The van der Waals surface area contributed by atoms with E-state index >= 15 is 0 Å². The summed E-state index contributed by atoms with van der Waals surface area (Å²) in [5.74, 6) is -0.330. The van der Waals surface area contributed by atoms with Crippen molar-refractivity contribution in [1.82, 2.24) is 14.5 Å². The quantitative estimate of drug-likeness (QED) is 0.868. The van der Waals surface area contributed by atoms with Crippen LogP contribution in [0.2, 0.25) is 0 Å². The summed E-state index contributed by atoms with van der Waals surface area (Å²) in [4.78, 5) is 2.57. The van der Waals surface area contributed by atoms with Crippen LogP contribution in [-0.4, -0.2) is 62.9 Å². The summed E-state index contributed by atoms with van der Waals surface area (Å²) in [5, 5.41) is 3.31. The molecule has 2 saturated heterocycles. The number of hydrogen-bond donors (Lipinski definition) is 1. The number of sulfonamides is 1. The van der Waals surface area contributed by atoms with Crippen molar-refractivity contribution in [2.75, 3.05) is 39.3 Å². The van der Waals surface area contributed by atoms with E-state index in [1.807, 2.05) is 0 Å². The largest absolute Gasteiger partial charge is 0.314 e. The lowest BCUT2D eigenvalue weighted by molar-refractivity contribution is 0.179. The zero-order valence-corrected chi connectivity index (χ0v) is 15.7. The molecule has 2 aliphatic heterocycles. The summed E-state index contributed by atoms with van der Waals surface area (Å²) >= 11 is 0. The molecule has 3 rings (SSSR count). The average molecular weight is 378 g/mol. The van der Waals surface area contributed by atoms with Gasteiger partial charge in [-0.25, -0.2) is 12.8 Å². The van der Waals surface area contributed by atoms with E-state index in [4.69, 9.17) is 0 Å². The molecule has 0 bridgehead atoms. The maximum atomic E-state index is 13.8. The van der Waals surface area contributed by atoms with Crippen molar-refractivity contribution in [3.63, 3.8) is 0 Å².